The Morgan fingerprint density at radius 2 is 1.94 bits per heavy atom. The lowest BCUT2D eigenvalue weighted by Gasteiger charge is -2.33. The third-order valence-corrected chi connectivity index (χ3v) is 5.54. The molecule has 2 atom stereocenters. The van der Waals surface area contributed by atoms with Crippen LogP contribution in [-0.4, -0.2) is 52.8 Å². The van der Waals surface area contributed by atoms with Crippen LogP contribution in [-0.2, 0) is 12.8 Å². The van der Waals surface area contributed by atoms with E-state index in [0.717, 1.165) is 12.1 Å². The normalized spacial score (nSPS) is 19.5. The molecule has 1 aliphatic rings. The third kappa shape index (κ3) is 5.22. The third-order valence-electron chi connectivity index (χ3n) is 5.54. The van der Waals surface area contributed by atoms with Gasteiger partial charge in [0.05, 0.1) is 23.8 Å². The van der Waals surface area contributed by atoms with E-state index in [4.69, 9.17) is 0 Å². The summed E-state index contributed by atoms with van der Waals surface area (Å²) >= 11 is 0. The van der Waals surface area contributed by atoms with E-state index in [2.05, 4.69) is 22.1 Å². The van der Waals surface area contributed by atoms with Gasteiger partial charge < -0.3 is 14.6 Å². The number of alkyl halides is 4. The second-order valence-electron chi connectivity index (χ2n) is 8.10. The molecule has 4 nitrogen and oxygen atoms in total. The number of piperidine rings is 1. The summed E-state index contributed by atoms with van der Waals surface area (Å²) in [6, 6.07) is 12.4. The van der Waals surface area contributed by atoms with Crippen molar-refractivity contribution in [3.8, 4) is 11.8 Å². The lowest BCUT2D eigenvalue weighted by molar-refractivity contribution is -0.128. The number of benzene rings is 1. The summed E-state index contributed by atoms with van der Waals surface area (Å²) in [6.45, 7) is 1.05. The smallest absolute Gasteiger partial charge is 0.376 e. The van der Waals surface area contributed by atoms with Crippen LogP contribution in [0.15, 0.2) is 48.7 Å². The zero-order valence-electron chi connectivity index (χ0n) is 17.7. The average molecular weight is 444 g/mol. The number of halogens is 4. The molecule has 168 valence electrons. The van der Waals surface area contributed by atoms with Gasteiger partial charge in [0, 0.05) is 25.7 Å². The highest BCUT2D eigenvalue weighted by atomic mass is 19.4. The molecule has 1 N–H and O–H groups in total. The average Bonchev–Trinajstić information content (AvgIpc) is 3.08. The molecule has 4 rings (SSSR count). The van der Waals surface area contributed by atoms with Crippen LogP contribution in [0, 0.1) is 11.8 Å². The quantitative estimate of drug-likeness (QED) is 0.476. The summed E-state index contributed by atoms with van der Waals surface area (Å²) in [5.74, 6) is 5.77. The largest absolute Gasteiger partial charge is 0.394 e. The first kappa shape index (κ1) is 22.2. The number of imidazole rings is 1. The lowest BCUT2D eigenvalue weighted by Crippen LogP contribution is -2.46. The lowest BCUT2D eigenvalue weighted by atomic mass is 10.0. The van der Waals surface area contributed by atoms with Crippen LogP contribution in [0.3, 0.4) is 0 Å². The molecule has 1 aromatic carbocycles. The minimum Gasteiger partial charge on any atom is -0.376 e. The molecular weight excluding hydrogens is 420 g/mol. The summed E-state index contributed by atoms with van der Waals surface area (Å²) in [5.41, 5.74) is 1.87. The number of aromatic nitrogens is 2. The number of nitrogens with zero attached hydrogens (tertiary/aromatic N) is 3. The van der Waals surface area contributed by atoms with E-state index in [9.17, 15) is 17.6 Å². The molecule has 1 fully saturated rings. The van der Waals surface area contributed by atoms with Gasteiger partial charge in [-0.2, -0.15) is 13.2 Å². The molecule has 3 heterocycles. The van der Waals surface area contributed by atoms with Gasteiger partial charge in [0.1, 0.15) is 11.9 Å². The van der Waals surface area contributed by atoms with Crippen LogP contribution in [0.2, 0.25) is 0 Å². The number of rotatable bonds is 4. The minimum atomic E-state index is -4.41. The van der Waals surface area contributed by atoms with E-state index in [1.807, 2.05) is 42.3 Å². The van der Waals surface area contributed by atoms with Gasteiger partial charge >= 0.3 is 6.18 Å². The fourth-order valence-corrected chi connectivity index (χ4v) is 3.93. The number of anilines is 1. The van der Waals surface area contributed by atoms with Crippen LogP contribution >= 0.6 is 0 Å². The van der Waals surface area contributed by atoms with Crippen molar-refractivity contribution >= 4 is 11.3 Å². The first-order valence-electron chi connectivity index (χ1n) is 10.5. The second kappa shape index (κ2) is 9.21. The number of likely N-dealkylation sites (tertiary alicyclic amines) is 1. The van der Waals surface area contributed by atoms with Gasteiger partial charge in [0.2, 0.25) is 0 Å². The van der Waals surface area contributed by atoms with E-state index in [1.165, 1.54) is 4.40 Å². The summed E-state index contributed by atoms with van der Waals surface area (Å²) < 4.78 is 55.9. The number of hydrogen-bond acceptors (Lipinski definition) is 3. The van der Waals surface area contributed by atoms with Gasteiger partial charge in [0.15, 0.2) is 5.65 Å². The predicted molar refractivity (Wildman–Crippen MR) is 116 cm³/mol. The van der Waals surface area contributed by atoms with Gasteiger partial charge in [0.25, 0.3) is 0 Å². The van der Waals surface area contributed by atoms with Crippen molar-refractivity contribution in [2.24, 2.45) is 0 Å². The molecule has 3 aromatic rings. The van der Waals surface area contributed by atoms with E-state index in [0.29, 0.717) is 30.7 Å². The van der Waals surface area contributed by atoms with Crippen LogP contribution in [0.25, 0.3) is 5.65 Å². The Morgan fingerprint density at radius 3 is 2.66 bits per heavy atom. The minimum absolute atomic E-state index is 0.0168. The molecule has 8 heteroatoms. The van der Waals surface area contributed by atoms with Crippen LogP contribution in [0.1, 0.15) is 23.4 Å². The summed E-state index contributed by atoms with van der Waals surface area (Å²) in [5, 5.41) is 3.17. The standard InChI is InChI=1S/C24H24F4N4/c1-31-14-12-19(18(25)16-31)29-21-11-6-13-32-22(15-24(26,27)28)20(30-23(21)32)10-5-9-17-7-3-2-4-8-17/h2-4,6-8,11,13,18-19,29H,9,12,14-16H2,1H3. The molecule has 1 saturated heterocycles. The Balaban J connectivity index is 1.68. The zero-order chi connectivity index (χ0) is 22.7. The maximum absolute atomic E-state index is 14.5. The van der Waals surface area contributed by atoms with Crippen LogP contribution in [0.5, 0.6) is 0 Å². The first-order chi connectivity index (χ1) is 15.3. The van der Waals surface area contributed by atoms with Crippen LogP contribution < -0.4 is 5.32 Å². The number of pyridine rings is 1. The second-order valence-corrected chi connectivity index (χ2v) is 8.10. The maximum atomic E-state index is 14.5. The molecule has 0 saturated carbocycles. The van der Waals surface area contributed by atoms with E-state index in [1.54, 1.807) is 18.3 Å². The van der Waals surface area contributed by atoms with E-state index >= 15 is 0 Å². The van der Waals surface area contributed by atoms with Crippen molar-refractivity contribution in [3.05, 3.63) is 65.6 Å². The van der Waals surface area contributed by atoms with E-state index < -0.39 is 24.8 Å². The predicted octanol–water partition coefficient (Wildman–Crippen LogP) is 4.49. The molecular formula is C24H24F4N4. The molecule has 32 heavy (non-hydrogen) atoms. The van der Waals surface area contributed by atoms with E-state index in [-0.39, 0.29) is 11.4 Å². The van der Waals surface area contributed by atoms with Gasteiger partial charge in [-0.25, -0.2) is 9.37 Å². The Kier molecular flexibility index (Phi) is 6.38. The molecule has 0 amide bonds. The summed E-state index contributed by atoms with van der Waals surface area (Å²) in [7, 11) is 1.86. The van der Waals surface area contributed by atoms with Gasteiger partial charge in [-0.3, -0.25) is 0 Å². The Hall–Kier alpha value is -3.05. The van der Waals surface area contributed by atoms with Crippen molar-refractivity contribution in [1.29, 1.82) is 0 Å². The van der Waals surface area contributed by atoms with Crippen molar-refractivity contribution < 1.29 is 17.6 Å². The van der Waals surface area contributed by atoms with Crippen LogP contribution in [0.4, 0.5) is 23.2 Å². The number of hydrogen-bond donors (Lipinski definition) is 1. The highest BCUT2D eigenvalue weighted by molar-refractivity contribution is 5.70. The molecule has 2 unspecified atom stereocenters. The van der Waals surface area contributed by atoms with Crippen molar-refractivity contribution in [2.75, 3.05) is 25.5 Å². The number of nitrogens with one attached hydrogen (secondary N) is 1. The fourth-order valence-electron chi connectivity index (χ4n) is 3.93. The van der Waals surface area contributed by atoms with Gasteiger partial charge in [-0.1, -0.05) is 36.3 Å². The van der Waals surface area contributed by atoms with Gasteiger partial charge in [-0.05, 0) is 37.1 Å². The highest BCUT2D eigenvalue weighted by Gasteiger charge is 2.32. The monoisotopic (exact) mass is 444 g/mol. The fraction of sp³-hybridized carbons (Fsp3) is 0.375. The molecule has 0 radical (unpaired) electrons. The number of fused-ring (bicyclic) bond motifs is 1. The maximum Gasteiger partial charge on any atom is 0.394 e. The van der Waals surface area contributed by atoms with Gasteiger partial charge in [-0.15, -0.1) is 0 Å². The molecule has 1 aliphatic heterocycles. The first-order valence-corrected chi connectivity index (χ1v) is 10.5. The molecule has 2 aromatic heterocycles. The summed E-state index contributed by atoms with van der Waals surface area (Å²) in [4.78, 5) is 6.34. The van der Waals surface area contributed by atoms with Crippen molar-refractivity contribution in [1.82, 2.24) is 14.3 Å². The van der Waals surface area contributed by atoms with Crippen molar-refractivity contribution in [3.63, 3.8) is 0 Å². The molecule has 0 bridgehead atoms. The molecule has 0 spiro atoms. The SMILES string of the molecule is CN1CCC(Nc2cccn3c(CC(F)(F)F)c(C#CCc4ccccc4)nc23)C(F)C1. The Bertz CT molecular complexity index is 1130. The summed E-state index contributed by atoms with van der Waals surface area (Å²) in [6.07, 6.45) is -4.09. The zero-order valence-corrected chi connectivity index (χ0v) is 17.7. The molecule has 0 aliphatic carbocycles. The Morgan fingerprint density at radius 1 is 1.16 bits per heavy atom. The highest BCUT2D eigenvalue weighted by Crippen LogP contribution is 2.28. The van der Waals surface area contributed by atoms with Crippen molar-refractivity contribution in [2.45, 2.75) is 37.7 Å². The topological polar surface area (TPSA) is 32.6 Å². The Labute approximate surface area is 184 Å².